The van der Waals surface area contributed by atoms with Gasteiger partial charge < -0.3 is 30.6 Å². The van der Waals surface area contributed by atoms with Gasteiger partial charge in [0.15, 0.2) is 29.6 Å². The normalized spacial score (nSPS) is 22.1. The molecule has 146 valence electrons. The number of hydrogen-bond acceptors (Lipinski definition) is 9. The second-order valence-corrected chi connectivity index (χ2v) is 7.07. The van der Waals surface area contributed by atoms with Crippen LogP contribution < -0.4 is 0 Å². The molecule has 6 N–H and O–H groups in total. The molecule has 10 heteroatoms. The van der Waals surface area contributed by atoms with Gasteiger partial charge in [-0.05, 0) is 20.8 Å². The lowest BCUT2D eigenvalue weighted by molar-refractivity contribution is -0.964. The summed E-state index contributed by atoms with van der Waals surface area (Å²) in [5.41, 5.74) is -6.31. The standard InChI is InChI=1S/C15H28NO9/c1-7(17)10(20)11(21)13(23)15(25,16(4,5)6)14(24,9(3)19)12(22)8(2)18/h10-13,20-25H,1-6H3/q+1/t10?,11-,12?,13+,14+,15-/m0/s1. The summed E-state index contributed by atoms with van der Waals surface area (Å²) in [6.45, 7) is 2.53. The SMILES string of the molecule is CC(=O)C(O)[C@H](O)[C@@H](O)[C@](O)([C@@](O)(C(C)=O)C(O)C(C)=O)[N+](C)(C)C. The fourth-order valence-electron chi connectivity index (χ4n) is 2.73. The second kappa shape index (κ2) is 7.54. The van der Waals surface area contributed by atoms with Gasteiger partial charge in [0.2, 0.25) is 5.60 Å². The van der Waals surface area contributed by atoms with E-state index < -0.39 is 57.6 Å². The zero-order valence-electron chi connectivity index (χ0n) is 15.2. The van der Waals surface area contributed by atoms with Crippen molar-refractivity contribution in [2.75, 3.05) is 21.1 Å². The number of rotatable bonds is 9. The van der Waals surface area contributed by atoms with Crippen molar-refractivity contribution in [3.8, 4) is 0 Å². The third-order valence-corrected chi connectivity index (χ3v) is 4.38. The van der Waals surface area contributed by atoms with Crippen molar-refractivity contribution >= 4 is 17.3 Å². The molecule has 0 aromatic carbocycles. The Bertz CT molecular complexity index is 544. The van der Waals surface area contributed by atoms with Crippen molar-refractivity contribution < 1.29 is 49.5 Å². The summed E-state index contributed by atoms with van der Waals surface area (Å²) >= 11 is 0. The monoisotopic (exact) mass is 366 g/mol. The molecule has 0 fully saturated rings. The van der Waals surface area contributed by atoms with Crippen LogP contribution in [0.4, 0.5) is 0 Å². The van der Waals surface area contributed by atoms with Crippen LogP contribution in [-0.2, 0) is 14.4 Å². The molecule has 0 aliphatic rings. The highest BCUT2D eigenvalue weighted by molar-refractivity contribution is 5.95. The van der Waals surface area contributed by atoms with Crippen molar-refractivity contribution in [3.63, 3.8) is 0 Å². The molecular weight excluding hydrogens is 338 g/mol. The van der Waals surface area contributed by atoms with Crippen molar-refractivity contribution in [3.05, 3.63) is 0 Å². The minimum absolute atomic E-state index is 0.771. The zero-order chi connectivity index (χ0) is 20.5. The van der Waals surface area contributed by atoms with Crippen LogP contribution in [0.2, 0.25) is 0 Å². The molecule has 0 aliphatic heterocycles. The lowest BCUT2D eigenvalue weighted by atomic mass is 9.73. The van der Waals surface area contributed by atoms with Crippen LogP contribution in [0.25, 0.3) is 0 Å². The average molecular weight is 366 g/mol. The Hall–Kier alpha value is -1.27. The van der Waals surface area contributed by atoms with E-state index in [2.05, 4.69) is 0 Å². The molecule has 0 saturated heterocycles. The van der Waals surface area contributed by atoms with Crippen LogP contribution in [0, 0.1) is 0 Å². The molecule has 0 bridgehead atoms. The highest BCUT2D eigenvalue weighted by Crippen LogP contribution is 2.38. The minimum Gasteiger partial charge on any atom is -0.387 e. The predicted molar refractivity (Wildman–Crippen MR) is 84.0 cm³/mol. The Labute approximate surface area is 145 Å². The number of ketones is 3. The molecule has 10 nitrogen and oxygen atoms in total. The third-order valence-electron chi connectivity index (χ3n) is 4.38. The molecule has 0 radical (unpaired) electrons. The van der Waals surface area contributed by atoms with E-state index >= 15 is 0 Å². The Kier molecular flexibility index (Phi) is 7.16. The molecular formula is C15H28NO9+. The van der Waals surface area contributed by atoms with E-state index in [9.17, 15) is 45.0 Å². The van der Waals surface area contributed by atoms with Crippen LogP contribution in [0.1, 0.15) is 20.8 Å². The molecule has 0 aliphatic carbocycles. The fourth-order valence-corrected chi connectivity index (χ4v) is 2.73. The molecule has 0 rings (SSSR count). The number of aliphatic hydroxyl groups is 6. The smallest absolute Gasteiger partial charge is 0.269 e. The van der Waals surface area contributed by atoms with E-state index in [1.54, 1.807) is 0 Å². The van der Waals surface area contributed by atoms with Crippen LogP contribution in [0.15, 0.2) is 0 Å². The summed E-state index contributed by atoms with van der Waals surface area (Å²) in [4.78, 5) is 34.9. The van der Waals surface area contributed by atoms with Crippen molar-refractivity contribution in [2.24, 2.45) is 0 Å². The van der Waals surface area contributed by atoms with Gasteiger partial charge in [-0.2, -0.15) is 0 Å². The number of quaternary nitrogens is 1. The first kappa shape index (κ1) is 23.7. The maximum Gasteiger partial charge on any atom is 0.269 e. The quantitative estimate of drug-likeness (QED) is 0.177. The number of carbonyl (C=O) groups is 3. The van der Waals surface area contributed by atoms with Gasteiger partial charge in [-0.15, -0.1) is 0 Å². The van der Waals surface area contributed by atoms with Crippen LogP contribution >= 0.6 is 0 Å². The van der Waals surface area contributed by atoms with Gasteiger partial charge in [-0.3, -0.25) is 18.9 Å². The summed E-state index contributed by atoms with van der Waals surface area (Å²) in [6, 6.07) is 0. The topological polar surface area (TPSA) is 173 Å². The molecule has 25 heavy (non-hydrogen) atoms. The van der Waals surface area contributed by atoms with Crippen LogP contribution in [0.3, 0.4) is 0 Å². The first-order chi connectivity index (χ1) is 11.0. The summed E-state index contributed by atoms with van der Waals surface area (Å²) < 4.78 is -0.837. The molecule has 0 amide bonds. The Morgan fingerprint density at radius 2 is 1.24 bits per heavy atom. The van der Waals surface area contributed by atoms with E-state index in [1.165, 1.54) is 21.1 Å². The van der Waals surface area contributed by atoms with E-state index in [0.717, 1.165) is 20.8 Å². The van der Waals surface area contributed by atoms with Crippen molar-refractivity contribution in [1.29, 1.82) is 0 Å². The number of carbonyl (C=O) groups excluding carboxylic acids is 3. The average Bonchev–Trinajstić information content (AvgIpc) is 2.48. The number of hydrogen-bond donors (Lipinski definition) is 6. The Balaban J connectivity index is 6.61. The van der Waals surface area contributed by atoms with E-state index in [-0.39, 0.29) is 0 Å². The Morgan fingerprint density at radius 3 is 1.48 bits per heavy atom. The van der Waals surface area contributed by atoms with Gasteiger partial charge in [0, 0.05) is 0 Å². The number of aliphatic hydroxyl groups excluding tert-OH is 4. The lowest BCUT2D eigenvalue weighted by Crippen LogP contribution is -2.82. The highest BCUT2D eigenvalue weighted by atomic mass is 16.4. The predicted octanol–water partition coefficient (Wildman–Crippen LogP) is -3.68. The largest absolute Gasteiger partial charge is 0.387 e. The molecule has 0 saturated carbocycles. The fraction of sp³-hybridized carbons (Fsp3) is 0.800. The van der Waals surface area contributed by atoms with E-state index in [1.807, 2.05) is 0 Å². The molecule has 0 heterocycles. The lowest BCUT2D eigenvalue weighted by Gasteiger charge is -2.53. The van der Waals surface area contributed by atoms with Gasteiger partial charge in [0.05, 0.1) is 21.1 Å². The summed E-state index contributed by atoms with van der Waals surface area (Å²) in [6.07, 6.45) is -9.39. The van der Waals surface area contributed by atoms with Crippen LogP contribution in [0.5, 0.6) is 0 Å². The summed E-state index contributed by atoms with van der Waals surface area (Å²) in [5.74, 6) is -3.30. The number of likely N-dealkylation sites (N-methyl/N-ethyl adjacent to an activating group) is 1. The maximum atomic E-state index is 12.1. The molecule has 0 aromatic heterocycles. The minimum atomic E-state index is -3.24. The summed E-state index contributed by atoms with van der Waals surface area (Å²) in [5, 5.41) is 62.1. The second-order valence-electron chi connectivity index (χ2n) is 7.07. The van der Waals surface area contributed by atoms with E-state index in [0.29, 0.717) is 0 Å². The Morgan fingerprint density at radius 1 is 0.840 bits per heavy atom. The molecule has 2 unspecified atom stereocenters. The first-order valence-corrected chi connectivity index (χ1v) is 7.48. The zero-order valence-corrected chi connectivity index (χ0v) is 15.2. The third kappa shape index (κ3) is 3.80. The van der Waals surface area contributed by atoms with Gasteiger partial charge >= 0.3 is 0 Å². The molecule has 0 aromatic rings. The molecule has 0 spiro atoms. The molecule has 6 atom stereocenters. The van der Waals surface area contributed by atoms with Gasteiger partial charge in [-0.25, -0.2) is 0 Å². The van der Waals surface area contributed by atoms with Gasteiger partial charge in [0.25, 0.3) is 5.72 Å². The maximum absolute atomic E-state index is 12.1. The number of Topliss-reactive ketones (excluding diaryl/α,β-unsaturated/α-hetero) is 3. The van der Waals surface area contributed by atoms with Crippen LogP contribution in [-0.4, -0.2) is 109 Å². The van der Waals surface area contributed by atoms with Gasteiger partial charge in [-0.1, -0.05) is 0 Å². The summed E-state index contributed by atoms with van der Waals surface area (Å²) in [7, 11) is 3.62. The van der Waals surface area contributed by atoms with Crippen molar-refractivity contribution in [2.45, 2.75) is 56.5 Å². The van der Waals surface area contributed by atoms with E-state index in [4.69, 9.17) is 0 Å². The first-order valence-electron chi connectivity index (χ1n) is 7.48. The highest BCUT2D eigenvalue weighted by Gasteiger charge is 2.71. The number of nitrogens with zero attached hydrogens (tertiary/aromatic N) is 1. The van der Waals surface area contributed by atoms with Crippen molar-refractivity contribution in [1.82, 2.24) is 0 Å². The van der Waals surface area contributed by atoms with Gasteiger partial charge in [0.1, 0.15) is 12.2 Å².